The average molecular weight is 237 g/mol. The highest BCUT2D eigenvalue weighted by molar-refractivity contribution is 5.99. The Bertz CT molecular complexity index is 443. The zero-order valence-corrected chi connectivity index (χ0v) is 10.0. The molecule has 1 fully saturated rings. The lowest BCUT2D eigenvalue weighted by molar-refractivity contribution is 0.0850. The van der Waals surface area contributed by atoms with Crippen LogP contribution in [0.2, 0.25) is 0 Å². The van der Waals surface area contributed by atoms with Gasteiger partial charge in [0, 0.05) is 12.6 Å². The molecule has 1 saturated carbocycles. The molecule has 0 atom stereocenters. The number of rotatable bonds is 3. The van der Waals surface area contributed by atoms with Gasteiger partial charge < -0.3 is 10.6 Å². The fraction of sp³-hybridized carbons (Fsp3) is 0.500. The van der Waals surface area contributed by atoms with Crippen molar-refractivity contribution in [1.29, 1.82) is 0 Å². The quantitative estimate of drug-likeness (QED) is 0.844. The van der Waals surface area contributed by atoms with Gasteiger partial charge >= 0.3 is 0 Å². The SMILES string of the molecule is CNc1ncc(F)cc1C(=O)NC1(C)CCC1. The van der Waals surface area contributed by atoms with Gasteiger partial charge in [-0.1, -0.05) is 0 Å². The third-order valence-corrected chi connectivity index (χ3v) is 3.21. The molecule has 1 aromatic rings. The molecule has 0 aromatic carbocycles. The Kier molecular flexibility index (Phi) is 3.00. The minimum Gasteiger partial charge on any atom is -0.372 e. The number of carbonyl (C=O) groups is 1. The molecule has 1 aliphatic rings. The molecule has 92 valence electrons. The third-order valence-electron chi connectivity index (χ3n) is 3.21. The molecular formula is C12H16FN3O. The Balaban J connectivity index is 2.20. The summed E-state index contributed by atoms with van der Waals surface area (Å²) in [6.07, 6.45) is 4.15. The molecule has 1 aromatic heterocycles. The van der Waals surface area contributed by atoms with Crippen LogP contribution >= 0.6 is 0 Å². The van der Waals surface area contributed by atoms with Crippen LogP contribution in [-0.4, -0.2) is 23.5 Å². The van der Waals surface area contributed by atoms with E-state index >= 15 is 0 Å². The van der Waals surface area contributed by atoms with Crippen molar-refractivity contribution >= 4 is 11.7 Å². The summed E-state index contributed by atoms with van der Waals surface area (Å²) >= 11 is 0. The standard InChI is InChI=1S/C12H16FN3O/c1-12(4-3-5-12)16-11(17)9-6-8(13)7-15-10(9)14-2/h6-7H,3-5H2,1-2H3,(H,14,15)(H,16,17). The molecule has 0 aliphatic heterocycles. The summed E-state index contributed by atoms with van der Waals surface area (Å²) in [4.78, 5) is 15.9. The Morgan fingerprint density at radius 1 is 1.53 bits per heavy atom. The third kappa shape index (κ3) is 2.38. The van der Waals surface area contributed by atoms with E-state index in [1.807, 2.05) is 6.92 Å². The lowest BCUT2D eigenvalue weighted by atomic mass is 9.78. The van der Waals surface area contributed by atoms with Gasteiger partial charge in [0.2, 0.25) is 0 Å². The zero-order chi connectivity index (χ0) is 12.5. The number of hydrogen-bond acceptors (Lipinski definition) is 3. The molecule has 0 radical (unpaired) electrons. The van der Waals surface area contributed by atoms with Crippen LogP contribution in [0.3, 0.4) is 0 Å². The molecule has 0 unspecified atom stereocenters. The number of nitrogens with zero attached hydrogens (tertiary/aromatic N) is 1. The number of nitrogens with one attached hydrogen (secondary N) is 2. The maximum atomic E-state index is 13.1. The number of amides is 1. The smallest absolute Gasteiger partial charge is 0.255 e. The highest BCUT2D eigenvalue weighted by Crippen LogP contribution is 2.31. The minimum absolute atomic E-state index is 0.144. The first-order valence-electron chi connectivity index (χ1n) is 5.70. The van der Waals surface area contributed by atoms with E-state index in [9.17, 15) is 9.18 Å². The lowest BCUT2D eigenvalue weighted by Gasteiger charge is -2.39. The van der Waals surface area contributed by atoms with Crippen LogP contribution in [0.25, 0.3) is 0 Å². The van der Waals surface area contributed by atoms with Gasteiger partial charge in [-0.3, -0.25) is 4.79 Å². The van der Waals surface area contributed by atoms with E-state index in [-0.39, 0.29) is 17.0 Å². The van der Waals surface area contributed by atoms with Crippen molar-refractivity contribution in [2.45, 2.75) is 31.7 Å². The summed E-state index contributed by atoms with van der Waals surface area (Å²) in [6, 6.07) is 1.20. The summed E-state index contributed by atoms with van der Waals surface area (Å²) < 4.78 is 13.1. The number of halogens is 1. The number of carbonyl (C=O) groups excluding carboxylic acids is 1. The molecule has 5 heteroatoms. The molecule has 0 saturated heterocycles. The topological polar surface area (TPSA) is 54.0 Å². The first-order chi connectivity index (χ1) is 8.04. The summed E-state index contributed by atoms with van der Waals surface area (Å²) in [5.41, 5.74) is 0.106. The average Bonchev–Trinajstić information content (AvgIpc) is 2.26. The predicted octanol–water partition coefficient (Wildman–Crippen LogP) is 1.93. The van der Waals surface area contributed by atoms with Crippen molar-refractivity contribution in [3.8, 4) is 0 Å². The van der Waals surface area contributed by atoms with E-state index in [1.54, 1.807) is 7.05 Å². The number of hydrogen-bond donors (Lipinski definition) is 2. The maximum Gasteiger partial charge on any atom is 0.255 e. The summed E-state index contributed by atoms with van der Waals surface area (Å²) in [7, 11) is 1.65. The van der Waals surface area contributed by atoms with Crippen LogP contribution in [0.1, 0.15) is 36.5 Å². The molecule has 17 heavy (non-hydrogen) atoms. The summed E-state index contributed by atoms with van der Waals surface area (Å²) in [6.45, 7) is 2.00. The number of aromatic nitrogens is 1. The molecule has 1 heterocycles. The predicted molar refractivity (Wildman–Crippen MR) is 63.5 cm³/mol. The van der Waals surface area contributed by atoms with Crippen molar-refractivity contribution < 1.29 is 9.18 Å². The van der Waals surface area contributed by atoms with Crippen molar-refractivity contribution in [3.63, 3.8) is 0 Å². The van der Waals surface area contributed by atoms with E-state index < -0.39 is 5.82 Å². The molecule has 0 bridgehead atoms. The van der Waals surface area contributed by atoms with Gasteiger partial charge in [0.25, 0.3) is 5.91 Å². The Morgan fingerprint density at radius 3 is 2.76 bits per heavy atom. The molecule has 0 spiro atoms. The monoisotopic (exact) mass is 237 g/mol. The second-order valence-corrected chi connectivity index (χ2v) is 4.67. The van der Waals surface area contributed by atoms with Crippen molar-refractivity contribution in [2.24, 2.45) is 0 Å². The van der Waals surface area contributed by atoms with Gasteiger partial charge in [0.05, 0.1) is 11.8 Å². The molecule has 1 amide bonds. The van der Waals surface area contributed by atoms with Crippen molar-refractivity contribution in [1.82, 2.24) is 10.3 Å². The molecule has 2 N–H and O–H groups in total. The van der Waals surface area contributed by atoms with Crippen LogP contribution in [0, 0.1) is 5.82 Å². The second-order valence-electron chi connectivity index (χ2n) is 4.67. The summed E-state index contributed by atoms with van der Waals surface area (Å²) in [5, 5.41) is 5.71. The first kappa shape index (κ1) is 11.8. The van der Waals surface area contributed by atoms with Gasteiger partial charge in [0.1, 0.15) is 11.6 Å². The van der Waals surface area contributed by atoms with Crippen LogP contribution < -0.4 is 10.6 Å². The first-order valence-corrected chi connectivity index (χ1v) is 5.70. The van der Waals surface area contributed by atoms with E-state index in [4.69, 9.17) is 0 Å². The Morgan fingerprint density at radius 2 is 2.24 bits per heavy atom. The van der Waals surface area contributed by atoms with Gasteiger partial charge in [-0.25, -0.2) is 9.37 Å². The second kappa shape index (κ2) is 4.31. The van der Waals surface area contributed by atoms with Crippen molar-refractivity contribution in [2.75, 3.05) is 12.4 Å². The number of pyridine rings is 1. The Hall–Kier alpha value is -1.65. The van der Waals surface area contributed by atoms with Crippen molar-refractivity contribution in [3.05, 3.63) is 23.6 Å². The zero-order valence-electron chi connectivity index (χ0n) is 10.0. The molecule has 2 rings (SSSR count). The lowest BCUT2D eigenvalue weighted by Crippen LogP contribution is -2.51. The minimum atomic E-state index is -0.507. The van der Waals surface area contributed by atoms with Gasteiger partial charge in [0.15, 0.2) is 0 Å². The van der Waals surface area contributed by atoms with Gasteiger partial charge in [-0.2, -0.15) is 0 Å². The van der Waals surface area contributed by atoms with E-state index in [0.717, 1.165) is 25.5 Å². The van der Waals surface area contributed by atoms with Crippen LogP contribution in [0.5, 0.6) is 0 Å². The van der Waals surface area contributed by atoms with E-state index in [0.29, 0.717) is 5.82 Å². The Labute approximate surface area is 99.6 Å². The van der Waals surface area contributed by atoms with Gasteiger partial charge in [-0.15, -0.1) is 0 Å². The largest absolute Gasteiger partial charge is 0.372 e. The van der Waals surface area contributed by atoms with Gasteiger partial charge in [-0.05, 0) is 32.3 Å². The fourth-order valence-electron chi connectivity index (χ4n) is 1.99. The maximum absolute atomic E-state index is 13.1. The van der Waals surface area contributed by atoms with Crippen LogP contribution in [0.4, 0.5) is 10.2 Å². The molecule has 1 aliphatic carbocycles. The highest BCUT2D eigenvalue weighted by atomic mass is 19.1. The fourth-order valence-corrected chi connectivity index (χ4v) is 1.99. The van der Waals surface area contributed by atoms with Crippen LogP contribution in [-0.2, 0) is 0 Å². The van der Waals surface area contributed by atoms with E-state index in [2.05, 4.69) is 15.6 Å². The molecular weight excluding hydrogens is 221 g/mol. The normalized spacial score (nSPS) is 17.1. The highest BCUT2D eigenvalue weighted by Gasteiger charge is 2.33. The number of anilines is 1. The molecule has 4 nitrogen and oxygen atoms in total. The van der Waals surface area contributed by atoms with Crippen LogP contribution in [0.15, 0.2) is 12.3 Å². The summed E-state index contributed by atoms with van der Waals surface area (Å²) in [5.74, 6) is -0.386. The van der Waals surface area contributed by atoms with E-state index in [1.165, 1.54) is 6.07 Å².